The summed E-state index contributed by atoms with van der Waals surface area (Å²) < 4.78 is 15.9. The van der Waals surface area contributed by atoms with E-state index in [1.165, 1.54) is 0 Å². The molecular weight excluding hydrogens is 336 g/mol. The number of ether oxygens (including phenoxy) is 3. The number of rotatable bonds is 9. The van der Waals surface area contributed by atoms with Crippen LogP contribution >= 0.6 is 0 Å². The summed E-state index contributed by atoms with van der Waals surface area (Å²) >= 11 is 0. The van der Waals surface area contributed by atoms with Crippen LogP contribution in [-0.2, 0) is 19.1 Å². The standard InChI is InChI=1S/C19H28N2O5/c1-2-25-19(23)15-20-9-6-10-21(12-11-20)18(22)16-24-13-14-26-17-7-4-3-5-8-17/h3-5,7-8H,2,6,9-16H2,1H3. The Hall–Kier alpha value is -2.12. The Morgan fingerprint density at radius 3 is 2.62 bits per heavy atom. The Morgan fingerprint density at radius 1 is 1.04 bits per heavy atom. The number of esters is 1. The minimum atomic E-state index is -0.214. The fourth-order valence-corrected chi connectivity index (χ4v) is 2.75. The molecule has 0 saturated carbocycles. The van der Waals surface area contributed by atoms with Crippen molar-refractivity contribution < 1.29 is 23.8 Å². The highest BCUT2D eigenvalue weighted by Gasteiger charge is 2.20. The number of carbonyl (C=O) groups is 2. The zero-order chi connectivity index (χ0) is 18.6. The first-order valence-electron chi connectivity index (χ1n) is 9.10. The van der Waals surface area contributed by atoms with Crippen molar-refractivity contribution in [1.82, 2.24) is 9.80 Å². The van der Waals surface area contributed by atoms with Gasteiger partial charge in [-0.15, -0.1) is 0 Å². The van der Waals surface area contributed by atoms with Crippen molar-refractivity contribution in [3.05, 3.63) is 30.3 Å². The van der Waals surface area contributed by atoms with Crippen LogP contribution in [0.2, 0.25) is 0 Å². The van der Waals surface area contributed by atoms with Gasteiger partial charge in [0, 0.05) is 26.2 Å². The van der Waals surface area contributed by atoms with Crippen molar-refractivity contribution in [2.75, 3.05) is 59.2 Å². The van der Waals surface area contributed by atoms with Gasteiger partial charge in [0.1, 0.15) is 19.0 Å². The molecule has 144 valence electrons. The van der Waals surface area contributed by atoms with Gasteiger partial charge in [0.2, 0.25) is 5.91 Å². The molecule has 1 aliphatic heterocycles. The zero-order valence-corrected chi connectivity index (χ0v) is 15.4. The Balaban J connectivity index is 1.61. The van der Waals surface area contributed by atoms with E-state index in [1.807, 2.05) is 35.2 Å². The molecule has 1 amide bonds. The van der Waals surface area contributed by atoms with Crippen LogP contribution in [0.15, 0.2) is 30.3 Å². The van der Waals surface area contributed by atoms with Gasteiger partial charge < -0.3 is 19.1 Å². The van der Waals surface area contributed by atoms with Crippen LogP contribution in [0.4, 0.5) is 0 Å². The minimum absolute atomic E-state index is 0.0253. The first-order chi connectivity index (χ1) is 12.7. The number of hydrogen-bond acceptors (Lipinski definition) is 6. The predicted octanol–water partition coefficient (Wildman–Crippen LogP) is 1.18. The molecule has 0 radical (unpaired) electrons. The number of carbonyl (C=O) groups excluding carboxylic acids is 2. The lowest BCUT2D eigenvalue weighted by molar-refractivity contribution is -0.144. The fourth-order valence-electron chi connectivity index (χ4n) is 2.75. The zero-order valence-electron chi connectivity index (χ0n) is 15.4. The second-order valence-electron chi connectivity index (χ2n) is 6.03. The van der Waals surface area contributed by atoms with E-state index >= 15 is 0 Å². The van der Waals surface area contributed by atoms with E-state index in [0.29, 0.717) is 39.5 Å². The molecule has 7 nitrogen and oxygen atoms in total. The van der Waals surface area contributed by atoms with Gasteiger partial charge >= 0.3 is 5.97 Å². The van der Waals surface area contributed by atoms with E-state index in [2.05, 4.69) is 0 Å². The summed E-state index contributed by atoms with van der Waals surface area (Å²) in [5.41, 5.74) is 0. The number of amides is 1. The Kier molecular flexibility index (Phi) is 8.92. The number of nitrogens with zero attached hydrogens (tertiary/aromatic N) is 2. The van der Waals surface area contributed by atoms with E-state index in [9.17, 15) is 9.59 Å². The molecule has 0 unspecified atom stereocenters. The third-order valence-corrected chi connectivity index (χ3v) is 4.06. The van der Waals surface area contributed by atoms with Gasteiger partial charge in [0.05, 0.1) is 19.8 Å². The molecule has 0 spiro atoms. The van der Waals surface area contributed by atoms with E-state index in [-0.39, 0.29) is 25.0 Å². The van der Waals surface area contributed by atoms with E-state index in [0.717, 1.165) is 18.7 Å². The molecule has 0 N–H and O–H groups in total. The van der Waals surface area contributed by atoms with Crippen molar-refractivity contribution in [1.29, 1.82) is 0 Å². The number of benzene rings is 1. The van der Waals surface area contributed by atoms with Crippen LogP contribution < -0.4 is 4.74 Å². The largest absolute Gasteiger partial charge is 0.491 e. The fraction of sp³-hybridized carbons (Fsp3) is 0.579. The molecule has 1 aliphatic rings. The topological polar surface area (TPSA) is 68.3 Å². The smallest absolute Gasteiger partial charge is 0.320 e. The highest BCUT2D eigenvalue weighted by Crippen LogP contribution is 2.08. The van der Waals surface area contributed by atoms with Crippen molar-refractivity contribution >= 4 is 11.9 Å². The van der Waals surface area contributed by atoms with Crippen molar-refractivity contribution in [3.63, 3.8) is 0 Å². The number of hydrogen-bond donors (Lipinski definition) is 0. The molecular formula is C19H28N2O5. The summed E-state index contributed by atoms with van der Waals surface area (Å²) in [6, 6.07) is 9.50. The molecule has 0 aromatic heterocycles. The summed E-state index contributed by atoms with van der Waals surface area (Å²) in [4.78, 5) is 27.7. The molecule has 1 fully saturated rings. The molecule has 1 heterocycles. The number of para-hydroxylation sites is 1. The van der Waals surface area contributed by atoms with Crippen molar-refractivity contribution in [2.24, 2.45) is 0 Å². The Morgan fingerprint density at radius 2 is 1.85 bits per heavy atom. The lowest BCUT2D eigenvalue weighted by atomic mass is 10.3. The summed E-state index contributed by atoms with van der Waals surface area (Å²) in [5.74, 6) is 0.549. The molecule has 7 heteroatoms. The van der Waals surface area contributed by atoms with Gasteiger partial charge in [-0.1, -0.05) is 18.2 Å². The summed E-state index contributed by atoms with van der Waals surface area (Å²) in [6.07, 6.45) is 0.836. The predicted molar refractivity (Wildman–Crippen MR) is 97.0 cm³/mol. The van der Waals surface area contributed by atoms with Crippen LogP contribution in [0, 0.1) is 0 Å². The minimum Gasteiger partial charge on any atom is -0.491 e. The maximum Gasteiger partial charge on any atom is 0.320 e. The molecule has 0 aliphatic carbocycles. The van der Waals surface area contributed by atoms with Crippen molar-refractivity contribution in [3.8, 4) is 5.75 Å². The van der Waals surface area contributed by atoms with Crippen molar-refractivity contribution in [2.45, 2.75) is 13.3 Å². The molecule has 2 rings (SSSR count). The second-order valence-corrected chi connectivity index (χ2v) is 6.03. The first kappa shape index (κ1) is 20.2. The average molecular weight is 364 g/mol. The average Bonchev–Trinajstić information content (AvgIpc) is 2.88. The summed E-state index contributed by atoms with van der Waals surface area (Å²) in [5, 5.41) is 0. The van der Waals surface area contributed by atoms with Crippen LogP contribution in [0.25, 0.3) is 0 Å². The first-order valence-corrected chi connectivity index (χ1v) is 9.10. The molecule has 0 atom stereocenters. The lowest BCUT2D eigenvalue weighted by Crippen LogP contribution is -2.38. The van der Waals surface area contributed by atoms with Gasteiger partial charge in [-0.25, -0.2) is 0 Å². The van der Waals surface area contributed by atoms with Gasteiger partial charge in [-0.2, -0.15) is 0 Å². The molecule has 1 aromatic rings. The second kappa shape index (κ2) is 11.5. The van der Waals surface area contributed by atoms with Crippen LogP contribution in [-0.4, -0.2) is 80.8 Å². The highest BCUT2D eigenvalue weighted by molar-refractivity contribution is 5.77. The third-order valence-electron chi connectivity index (χ3n) is 4.06. The van der Waals surface area contributed by atoms with E-state index in [1.54, 1.807) is 11.8 Å². The maximum atomic E-state index is 12.3. The van der Waals surface area contributed by atoms with Gasteiger partial charge in [-0.05, 0) is 25.5 Å². The monoisotopic (exact) mass is 364 g/mol. The normalized spacial score (nSPS) is 15.3. The third kappa shape index (κ3) is 7.41. The molecule has 1 saturated heterocycles. The SMILES string of the molecule is CCOC(=O)CN1CCCN(C(=O)COCCOc2ccccc2)CC1. The van der Waals surface area contributed by atoms with Gasteiger partial charge in [0.15, 0.2) is 0 Å². The van der Waals surface area contributed by atoms with E-state index < -0.39 is 0 Å². The molecule has 0 bridgehead atoms. The Bertz CT molecular complexity index is 552. The van der Waals surface area contributed by atoms with E-state index in [4.69, 9.17) is 14.2 Å². The van der Waals surface area contributed by atoms with Gasteiger partial charge in [0.25, 0.3) is 0 Å². The Labute approximate surface area is 154 Å². The maximum absolute atomic E-state index is 12.3. The van der Waals surface area contributed by atoms with Gasteiger partial charge in [-0.3, -0.25) is 14.5 Å². The quantitative estimate of drug-likeness (QED) is 0.484. The summed E-state index contributed by atoms with van der Waals surface area (Å²) in [6.45, 7) is 6.03. The highest BCUT2D eigenvalue weighted by atomic mass is 16.5. The summed E-state index contributed by atoms with van der Waals surface area (Å²) in [7, 11) is 0. The molecule has 1 aromatic carbocycles. The van der Waals surface area contributed by atoms with Crippen LogP contribution in [0.3, 0.4) is 0 Å². The lowest BCUT2D eigenvalue weighted by Gasteiger charge is -2.21. The van der Waals surface area contributed by atoms with Crippen LogP contribution in [0.1, 0.15) is 13.3 Å². The molecule has 26 heavy (non-hydrogen) atoms. The van der Waals surface area contributed by atoms with Crippen LogP contribution in [0.5, 0.6) is 5.75 Å².